The summed E-state index contributed by atoms with van der Waals surface area (Å²) in [6, 6.07) is 10.2. The van der Waals surface area contributed by atoms with E-state index in [9.17, 15) is 5.11 Å². The summed E-state index contributed by atoms with van der Waals surface area (Å²) in [4.78, 5) is 0. The van der Waals surface area contributed by atoms with Crippen LogP contribution in [0.2, 0.25) is 0 Å². The van der Waals surface area contributed by atoms with Gasteiger partial charge in [0.2, 0.25) is 0 Å². The highest BCUT2D eigenvalue weighted by atomic mass is 16.8. The van der Waals surface area contributed by atoms with E-state index in [2.05, 4.69) is 12.1 Å². The van der Waals surface area contributed by atoms with E-state index in [0.29, 0.717) is 6.61 Å². The summed E-state index contributed by atoms with van der Waals surface area (Å²) in [6.45, 7) is 4.02. The molecule has 4 atom stereocenters. The molecule has 2 heterocycles. The van der Waals surface area contributed by atoms with Crippen molar-refractivity contribution in [2.45, 2.75) is 50.5 Å². The van der Waals surface area contributed by atoms with Crippen LogP contribution in [0, 0.1) is 0 Å². The molecule has 2 bridgehead atoms. The Morgan fingerprint density at radius 2 is 1.95 bits per heavy atom. The summed E-state index contributed by atoms with van der Waals surface area (Å²) in [5.74, 6) is -0.936. The first-order valence-electron chi connectivity index (χ1n) is 6.73. The minimum atomic E-state index is -0.936. The predicted octanol–water partition coefficient (Wildman–Crippen LogP) is 1.86. The van der Waals surface area contributed by atoms with E-state index in [4.69, 9.17) is 14.2 Å². The second-order valence-corrected chi connectivity index (χ2v) is 5.71. The van der Waals surface area contributed by atoms with E-state index >= 15 is 0 Å². The molecule has 0 radical (unpaired) electrons. The zero-order chi connectivity index (χ0) is 13.5. The van der Waals surface area contributed by atoms with Crippen molar-refractivity contribution in [1.82, 2.24) is 0 Å². The van der Waals surface area contributed by atoms with Gasteiger partial charge in [0.25, 0.3) is 0 Å². The van der Waals surface area contributed by atoms with Gasteiger partial charge in [-0.2, -0.15) is 0 Å². The molecule has 0 saturated carbocycles. The van der Waals surface area contributed by atoms with Crippen LogP contribution in [0.3, 0.4) is 0 Å². The molecule has 1 aromatic carbocycles. The summed E-state index contributed by atoms with van der Waals surface area (Å²) < 4.78 is 17.2. The summed E-state index contributed by atoms with van der Waals surface area (Å²) in [6.07, 6.45) is 0.563. The fourth-order valence-electron chi connectivity index (χ4n) is 2.83. The van der Waals surface area contributed by atoms with Crippen molar-refractivity contribution in [3.05, 3.63) is 35.9 Å². The second-order valence-electron chi connectivity index (χ2n) is 5.71. The first kappa shape index (κ1) is 13.1. The SMILES string of the molecule is CC12COC(C)(OC(CCc3ccccc3)O1)C2O. The molecule has 4 nitrogen and oxygen atoms in total. The number of rotatable bonds is 3. The summed E-state index contributed by atoms with van der Waals surface area (Å²) >= 11 is 0. The molecule has 0 spiro atoms. The van der Waals surface area contributed by atoms with E-state index in [1.54, 1.807) is 6.92 Å². The number of fused-ring (bicyclic) bond motifs is 2. The van der Waals surface area contributed by atoms with E-state index in [-0.39, 0.29) is 6.29 Å². The zero-order valence-electron chi connectivity index (χ0n) is 11.3. The van der Waals surface area contributed by atoms with Gasteiger partial charge >= 0.3 is 0 Å². The van der Waals surface area contributed by atoms with Crippen LogP contribution in [-0.4, -0.2) is 35.5 Å². The molecule has 1 aromatic rings. The lowest BCUT2D eigenvalue weighted by Crippen LogP contribution is -2.58. The van der Waals surface area contributed by atoms with Gasteiger partial charge in [-0.3, -0.25) is 0 Å². The van der Waals surface area contributed by atoms with E-state index in [1.165, 1.54) is 5.56 Å². The summed E-state index contributed by atoms with van der Waals surface area (Å²) in [7, 11) is 0. The molecule has 2 saturated heterocycles. The Hall–Kier alpha value is -0.940. The van der Waals surface area contributed by atoms with Gasteiger partial charge in [0.1, 0.15) is 11.7 Å². The molecular formula is C15H20O4. The largest absolute Gasteiger partial charge is 0.384 e. The standard InChI is InChI=1S/C15H20O4/c1-14-10-17-15(2,13(14)16)19-12(18-14)9-8-11-6-4-3-5-7-11/h3-7,12-13,16H,8-10H2,1-2H3. The van der Waals surface area contributed by atoms with Gasteiger partial charge in [-0.15, -0.1) is 0 Å². The molecule has 4 unspecified atom stereocenters. The number of aryl methyl sites for hydroxylation is 1. The monoisotopic (exact) mass is 264 g/mol. The number of aliphatic hydroxyl groups is 1. The van der Waals surface area contributed by atoms with E-state index in [0.717, 1.165) is 12.8 Å². The molecule has 2 aliphatic heterocycles. The Morgan fingerprint density at radius 3 is 2.63 bits per heavy atom. The van der Waals surface area contributed by atoms with Gasteiger partial charge < -0.3 is 19.3 Å². The van der Waals surface area contributed by atoms with Crippen molar-refractivity contribution >= 4 is 0 Å². The maximum absolute atomic E-state index is 10.2. The lowest BCUT2D eigenvalue weighted by atomic mass is 9.95. The second kappa shape index (κ2) is 4.56. The first-order valence-corrected chi connectivity index (χ1v) is 6.73. The van der Waals surface area contributed by atoms with Gasteiger partial charge in [-0.25, -0.2) is 0 Å². The topological polar surface area (TPSA) is 47.9 Å². The van der Waals surface area contributed by atoms with Crippen LogP contribution in [-0.2, 0) is 20.6 Å². The number of hydrogen-bond donors (Lipinski definition) is 1. The molecule has 1 N–H and O–H groups in total. The Bertz CT molecular complexity index is 429. The quantitative estimate of drug-likeness (QED) is 0.905. The van der Waals surface area contributed by atoms with Gasteiger partial charge in [0.15, 0.2) is 12.1 Å². The maximum atomic E-state index is 10.2. The number of aliphatic hydroxyl groups excluding tert-OH is 1. The van der Waals surface area contributed by atoms with Crippen LogP contribution >= 0.6 is 0 Å². The third-order valence-electron chi connectivity index (χ3n) is 4.00. The Morgan fingerprint density at radius 1 is 1.21 bits per heavy atom. The lowest BCUT2D eigenvalue weighted by molar-refractivity contribution is -0.357. The van der Waals surface area contributed by atoms with Crippen LogP contribution in [0.5, 0.6) is 0 Å². The van der Waals surface area contributed by atoms with Gasteiger partial charge in [-0.1, -0.05) is 30.3 Å². The van der Waals surface area contributed by atoms with Crippen LogP contribution in [0.15, 0.2) is 30.3 Å². The van der Waals surface area contributed by atoms with Crippen molar-refractivity contribution in [1.29, 1.82) is 0 Å². The van der Waals surface area contributed by atoms with Crippen LogP contribution < -0.4 is 0 Å². The van der Waals surface area contributed by atoms with Crippen LogP contribution in [0.4, 0.5) is 0 Å². The fraction of sp³-hybridized carbons (Fsp3) is 0.600. The molecule has 4 heteroatoms. The van der Waals surface area contributed by atoms with Crippen molar-refractivity contribution in [2.75, 3.05) is 6.61 Å². The minimum Gasteiger partial charge on any atom is -0.384 e. The highest BCUT2D eigenvalue weighted by Gasteiger charge is 2.60. The number of ether oxygens (including phenoxy) is 3. The normalized spacial score (nSPS) is 41.4. The van der Waals surface area contributed by atoms with Gasteiger partial charge in [-0.05, 0) is 25.8 Å². The Kier molecular flexibility index (Phi) is 3.14. The van der Waals surface area contributed by atoms with Crippen molar-refractivity contribution in [3.8, 4) is 0 Å². The fourth-order valence-corrected chi connectivity index (χ4v) is 2.83. The molecule has 0 aliphatic carbocycles. The summed E-state index contributed by atoms with van der Waals surface area (Å²) in [5.41, 5.74) is 0.596. The van der Waals surface area contributed by atoms with Crippen molar-refractivity contribution < 1.29 is 19.3 Å². The van der Waals surface area contributed by atoms with Crippen molar-refractivity contribution in [2.24, 2.45) is 0 Å². The minimum absolute atomic E-state index is 0.332. The third-order valence-corrected chi connectivity index (χ3v) is 4.00. The highest BCUT2D eigenvalue weighted by molar-refractivity contribution is 5.14. The zero-order valence-corrected chi connectivity index (χ0v) is 11.3. The average Bonchev–Trinajstić information content (AvgIpc) is 2.56. The van der Waals surface area contributed by atoms with E-state index < -0.39 is 17.5 Å². The highest BCUT2D eigenvalue weighted by Crippen LogP contribution is 2.43. The predicted molar refractivity (Wildman–Crippen MR) is 69.5 cm³/mol. The van der Waals surface area contributed by atoms with E-state index in [1.807, 2.05) is 25.1 Å². The van der Waals surface area contributed by atoms with Gasteiger partial charge in [0, 0.05) is 6.42 Å². The Labute approximate surface area is 113 Å². The lowest BCUT2D eigenvalue weighted by Gasteiger charge is -2.42. The van der Waals surface area contributed by atoms with Crippen LogP contribution in [0.25, 0.3) is 0 Å². The van der Waals surface area contributed by atoms with Crippen molar-refractivity contribution in [3.63, 3.8) is 0 Å². The molecule has 3 rings (SSSR count). The maximum Gasteiger partial charge on any atom is 0.197 e. The number of hydrogen-bond acceptors (Lipinski definition) is 4. The molecule has 104 valence electrons. The molecule has 0 amide bonds. The third kappa shape index (κ3) is 2.30. The van der Waals surface area contributed by atoms with Crippen LogP contribution in [0.1, 0.15) is 25.8 Å². The molecular weight excluding hydrogens is 244 g/mol. The van der Waals surface area contributed by atoms with Gasteiger partial charge in [0.05, 0.1) is 6.61 Å². The summed E-state index contributed by atoms with van der Waals surface area (Å²) in [5, 5.41) is 10.2. The molecule has 2 aliphatic rings. The molecule has 2 fully saturated rings. The molecule has 19 heavy (non-hydrogen) atoms. The number of benzene rings is 1. The smallest absolute Gasteiger partial charge is 0.197 e. The average molecular weight is 264 g/mol. The first-order chi connectivity index (χ1) is 9.02. The Balaban J connectivity index is 1.65. The molecule has 0 aromatic heterocycles.